The Morgan fingerprint density at radius 3 is 0.167 bits per heavy atom. The van der Waals surface area contributed by atoms with Crippen LogP contribution in [0.15, 0.2) is 0 Å². The van der Waals surface area contributed by atoms with Gasteiger partial charge in [0.05, 0.1) is 0 Å². The Morgan fingerprint density at radius 2 is 0.167 bits per heavy atom. The van der Waals surface area contributed by atoms with Gasteiger partial charge in [-0.3, -0.25) is 0 Å². The topological polar surface area (TPSA) is 0 Å². The molecule has 6 heavy (non-hydrogen) atoms. The van der Waals surface area contributed by atoms with Crippen molar-refractivity contribution in [2.24, 2.45) is 0 Å². The van der Waals surface area contributed by atoms with Crippen molar-refractivity contribution in [2.45, 2.75) is 0 Å². The summed E-state index contributed by atoms with van der Waals surface area (Å²) < 4.78 is 0. The summed E-state index contributed by atoms with van der Waals surface area (Å²) in [6.45, 7) is 0. The van der Waals surface area contributed by atoms with Crippen LogP contribution in [0, 0.1) is 0 Å². The van der Waals surface area contributed by atoms with Crippen molar-refractivity contribution in [3.05, 3.63) is 0 Å². The summed E-state index contributed by atoms with van der Waals surface area (Å²) in [6, 6.07) is 0. The first kappa shape index (κ1) is 63.3. The van der Waals surface area contributed by atoms with E-state index in [1.54, 1.807) is 0 Å². The summed E-state index contributed by atoms with van der Waals surface area (Å²) >= 11 is 0. The quantitative estimate of drug-likeness (QED) is 0.574. The largest absolute Gasteiger partial charge is 0 e. The van der Waals surface area contributed by atoms with Crippen LogP contribution in [0.2, 0.25) is 0 Å². The molecule has 6 heteroatoms. The molecule has 0 spiro atoms. The maximum atomic E-state index is 0. The summed E-state index contributed by atoms with van der Waals surface area (Å²) in [5.41, 5.74) is 0. The summed E-state index contributed by atoms with van der Waals surface area (Å²) in [7, 11) is 0. The van der Waals surface area contributed by atoms with Crippen molar-refractivity contribution >= 4 is 0 Å². The molecule has 0 bridgehead atoms. The van der Waals surface area contributed by atoms with Crippen LogP contribution in [0.4, 0.5) is 0 Å². The van der Waals surface area contributed by atoms with E-state index >= 15 is 0 Å². The minimum Gasteiger partial charge on any atom is 0 e. The third-order valence-electron chi connectivity index (χ3n) is 0. The van der Waals surface area contributed by atoms with Crippen LogP contribution in [0.3, 0.4) is 0 Å². The van der Waals surface area contributed by atoms with Crippen LogP contribution in [-0.4, -0.2) is 0 Å². The molecular formula is Co6. The molecule has 0 saturated heterocycles. The predicted octanol–water partition coefficient (Wildman–Crippen LogP) is -0.0150. The van der Waals surface area contributed by atoms with E-state index in [2.05, 4.69) is 0 Å². The fourth-order valence-corrected chi connectivity index (χ4v) is 0. The molecule has 0 aliphatic heterocycles. The molecule has 0 aliphatic rings. The predicted molar refractivity (Wildman–Crippen MR) is 0 cm³/mol. The van der Waals surface area contributed by atoms with Gasteiger partial charge in [-0.1, -0.05) is 0 Å². The van der Waals surface area contributed by atoms with Gasteiger partial charge >= 0.3 is 0 Å². The average Bonchev–Trinajstić information content (AvgIpc) is 0. The van der Waals surface area contributed by atoms with Crippen LogP contribution in [-0.2, 0) is 101 Å². The number of hydrogen-bond acceptors (Lipinski definition) is 0. The molecule has 6 radical (unpaired) electrons. The van der Waals surface area contributed by atoms with E-state index in [-0.39, 0.29) is 101 Å². The second-order valence-electron chi connectivity index (χ2n) is 0. The molecule has 0 amide bonds. The minimum absolute atomic E-state index is 0. The molecular weight excluding hydrogens is 354 g/mol. The van der Waals surface area contributed by atoms with Crippen molar-refractivity contribution in [3.63, 3.8) is 0 Å². The Hall–Kier alpha value is 3.04. The normalized spacial score (nSPS) is 0. The zero-order valence-electron chi connectivity index (χ0n) is 2.00. The minimum atomic E-state index is 0. The molecule has 0 saturated carbocycles. The van der Waals surface area contributed by atoms with Gasteiger partial charge < -0.3 is 0 Å². The molecule has 0 aromatic carbocycles. The SMILES string of the molecule is [Co].[Co].[Co].[Co].[Co].[Co]. The fraction of sp³-hybridized carbons (Fsp3) is 0. The molecule has 0 aliphatic carbocycles. The third kappa shape index (κ3) is 27.8. The van der Waals surface area contributed by atoms with Gasteiger partial charge in [-0.2, -0.15) is 0 Å². The Kier molecular flexibility index (Phi) is 455. The molecule has 0 atom stereocenters. The molecule has 0 aromatic rings. The van der Waals surface area contributed by atoms with Gasteiger partial charge in [-0.05, 0) is 0 Å². The summed E-state index contributed by atoms with van der Waals surface area (Å²) in [5, 5.41) is 0. The van der Waals surface area contributed by atoms with Gasteiger partial charge in [0, 0.05) is 101 Å². The molecule has 0 rings (SSSR count). The van der Waals surface area contributed by atoms with E-state index in [4.69, 9.17) is 0 Å². The fourth-order valence-electron chi connectivity index (χ4n) is 0. The maximum absolute atomic E-state index is 0. The molecule has 0 aromatic heterocycles. The van der Waals surface area contributed by atoms with E-state index in [9.17, 15) is 0 Å². The average molecular weight is 354 g/mol. The van der Waals surface area contributed by atoms with Gasteiger partial charge in [0.1, 0.15) is 0 Å². The van der Waals surface area contributed by atoms with E-state index in [0.29, 0.717) is 0 Å². The van der Waals surface area contributed by atoms with Gasteiger partial charge in [-0.15, -0.1) is 0 Å². The van der Waals surface area contributed by atoms with Gasteiger partial charge in [0.25, 0.3) is 0 Å². The van der Waals surface area contributed by atoms with Gasteiger partial charge in [0.15, 0.2) is 0 Å². The van der Waals surface area contributed by atoms with E-state index < -0.39 is 0 Å². The van der Waals surface area contributed by atoms with Crippen molar-refractivity contribution in [1.82, 2.24) is 0 Å². The summed E-state index contributed by atoms with van der Waals surface area (Å²) in [5.74, 6) is 0. The van der Waals surface area contributed by atoms with E-state index in [1.807, 2.05) is 0 Å². The van der Waals surface area contributed by atoms with Crippen LogP contribution >= 0.6 is 0 Å². The van der Waals surface area contributed by atoms with Crippen molar-refractivity contribution in [1.29, 1.82) is 0 Å². The first-order valence-electron chi connectivity index (χ1n) is 0. The molecule has 0 N–H and O–H groups in total. The second-order valence-corrected chi connectivity index (χ2v) is 0. The smallest absolute Gasteiger partial charge is 0 e. The Labute approximate surface area is 99.3 Å². The number of hydrogen-bond donors (Lipinski definition) is 0. The monoisotopic (exact) mass is 354 g/mol. The summed E-state index contributed by atoms with van der Waals surface area (Å²) in [4.78, 5) is 0. The summed E-state index contributed by atoms with van der Waals surface area (Å²) in [6.07, 6.45) is 0. The van der Waals surface area contributed by atoms with E-state index in [0.717, 1.165) is 0 Å². The second kappa shape index (κ2) is 43.1. The zero-order chi connectivity index (χ0) is 0. The van der Waals surface area contributed by atoms with Crippen molar-refractivity contribution in [3.8, 4) is 0 Å². The first-order valence-corrected chi connectivity index (χ1v) is 0. The van der Waals surface area contributed by atoms with Gasteiger partial charge in [0.2, 0.25) is 0 Å². The van der Waals surface area contributed by atoms with Gasteiger partial charge in [-0.25, -0.2) is 0 Å². The molecule has 0 nitrogen and oxygen atoms in total. The van der Waals surface area contributed by atoms with Crippen LogP contribution in [0.1, 0.15) is 0 Å². The zero-order valence-corrected chi connectivity index (χ0v) is 8.25. The van der Waals surface area contributed by atoms with E-state index in [1.165, 1.54) is 0 Å². The Balaban J connectivity index is 0. The Bertz CT molecular complexity index is 0. The standard InChI is InChI=1S/6Co. The number of rotatable bonds is 0. The molecule has 0 fully saturated rings. The molecule has 0 heterocycles. The third-order valence-corrected chi connectivity index (χ3v) is 0. The first-order chi connectivity index (χ1) is 0. The van der Waals surface area contributed by atoms with Crippen molar-refractivity contribution in [2.75, 3.05) is 0 Å². The van der Waals surface area contributed by atoms with Crippen LogP contribution in [0.5, 0.6) is 0 Å². The maximum Gasteiger partial charge on any atom is 0 e. The van der Waals surface area contributed by atoms with Crippen molar-refractivity contribution < 1.29 is 101 Å². The molecule has 54 valence electrons. The Morgan fingerprint density at radius 1 is 0.167 bits per heavy atom. The van der Waals surface area contributed by atoms with Crippen LogP contribution in [0.25, 0.3) is 0 Å². The van der Waals surface area contributed by atoms with Crippen LogP contribution < -0.4 is 0 Å². The molecule has 0 unspecified atom stereocenters.